The molecule has 0 N–H and O–H groups in total. The van der Waals surface area contributed by atoms with Crippen LogP contribution in [-0.4, -0.2) is 12.4 Å². The monoisotopic (exact) mass is 352 g/mol. The van der Waals surface area contributed by atoms with Crippen LogP contribution in [0, 0.1) is 0 Å². The van der Waals surface area contributed by atoms with Crippen molar-refractivity contribution in [3.05, 3.63) is 27.1 Å². The van der Waals surface area contributed by atoms with E-state index in [1.165, 1.54) is 6.42 Å². The molecule has 0 aliphatic heterocycles. The molecule has 0 aliphatic carbocycles. The lowest BCUT2D eigenvalue weighted by Crippen LogP contribution is -1.98. The summed E-state index contributed by atoms with van der Waals surface area (Å²) in [5.74, 6) is 1.85. The number of thiol groups is 1. The summed E-state index contributed by atoms with van der Waals surface area (Å²) < 4.78 is 7.68. The predicted octanol–water partition coefficient (Wildman–Crippen LogP) is 4.69. The topological polar surface area (TPSA) is 9.23 Å². The van der Waals surface area contributed by atoms with E-state index in [-0.39, 0.29) is 0 Å². The van der Waals surface area contributed by atoms with Gasteiger partial charge in [0.2, 0.25) is 0 Å². The fourth-order valence-electron chi connectivity index (χ4n) is 1.19. The number of para-hydroxylation sites is 1. The Bertz CT molecular complexity index is 284. The molecule has 0 saturated heterocycles. The van der Waals surface area contributed by atoms with Gasteiger partial charge in [-0.25, -0.2) is 0 Å². The van der Waals surface area contributed by atoms with Gasteiger partial charge in [0.05, 0.1) is 15.6 Å². The number of benzene rings is 1. The number of ether oxygens (including phenoxy) is 1. The predicted molar refractivity (Wildman–Crippen MR) is 75.0 cm³/mol. The van der Waals surface area contributed by atoms with Gasteiger partial charge in [-0.15, -0.1) is 0 Å². The quantitative estimate of drug-likeness (QED) is 0.576. The zero-order valence-electron chi connectivity index (χ0n) is 8.38. The fourth-order valence-corrected chi connectivity index (χ4v) is 2.64. The number of halogens is 2. The van der Waals surface area contributed by atoms with Crippen LogP contribution >= 0.6 is 44.5 Å². The summed E-state index contributed by atoms with van der Waals surface area (Å²) in [7, 11) is 0. The Hall–Kier alpha value is 0.330. The zero-order valence-corrected chi connectivity index (χ0v) is 12.4. The van der Waals surface area contributed by atoms with Crippen molar-refractivity contribution >= 4 is 44.5 Å². The molecule has 1 aromatic rings. The molecule has 4 heteroatoms. The average Bonchev–Trinajstić information content (AvgIpc) is 2.21. The molecule has 1 nitrogen and oxygen atoms in total. The maximum Gasteiger partial charge on any atom is 0.147 e. The summed E-state index contributed by atoms with van der Waals surface area (Å²) in [6.45, 7) is 0.759. The third-order valence-corrected chi connectivity index (χ3v) is 3.53. The molecule has 0 unspecified atom stereocenters. The van der Waals surface area contributed by atoms with Crippen molar-refractivity contribution < 1.29 is 4.74 Å². The van der Waals surface area contributed by atoms with Crippen molar-refractivity contribution in [1.82, 2.24) is 0 Å². The third-order valence-electron chi connectivity index (χ3n) is 1.97. The van der Waals surface area contributed by atoms with Crippen LogP contribution in [0.25, 0.3) is 0 Å². The van der Waals surface area contributed by atoms with E-state index in [4.69, 9.17) is 4.74 Å². The summed E-state index contributed by atoms with van der Waals surface area (Å²) in [5.41, 5.74) is 0. The first kappa shape index (κ1) is 13.4. The Morgan fingerprint density at radius 2 is 1.73 bits per heavy atom. The average molecular weight is 354 g/mol. The van der Waals surface area contributed by atoms with E-state index in [1.54, 1.807) is 0 Å². The first-order valence-corrected chi connectivity index (χ1v) is 7.15. The highest BCUT2D eigenvalue weighted by atomic mass is 79.9. The van der Waals surface area contributed by atoms with Crippen molar-refractivity contribution in [2.75, 3.05) is 12.4 Å². The van der Waals surface area contributed by atoms with E-state index in [0.29, 0.717) is 0 Å². The SMILES string of the molecule is SCCCCCOc1c(Br)cccc1Br. The van der Waals surface area contributed by atoms with E-state index in [2.05, 4.69) is 44.5 Å². The van der Waals surface area contributed by atoms with Crippen LogP contribution in [0.1, 0.15) is 19.3 Å². The molecular formula is C11H14Br2OS. The minimum absolute atomic E-state index is 0.759. The number of hydrogen-bond acceptors (Lipinski definition) is 2. The lowest BCUT2D eigenvalue weighted by atomic mass is 10.3. The Morgan fingerprint density at radius 3 is 2.33 bits per heavy atom. The number of hydrogen-bond donors (Lipinski definition) is 1. The fraction of sp³-hybridized carbons (Fsp3) is 0.455. The summed E-state index contributed by atoms with van der Waals surface area (Å²) in [6, 6.07) is 5.93. The second-order valence-electron chi connectivity index (χ2n) is 3.18. The van der Waals surface area contributed by atoms with Crippen molar-refractivity contribution in [2.24, 2.45) is 0 Å². The highest BCUT2D eigenvalue weighted by Crippen LogP contribution is 2.32. The lowest BCUT2D eigenvalue weighted by Gasteiger charge is -2.09. The molecule has 0 fully saturated rings. The Morgan fingerprint density at radius 1 is 1.07 bits per heavy atom. The van der Waals surface area contributed by atoms with Crippen molar-refractivity contribution in [3.8, 4) is 5.75 Å². The molecule has 0 spiro atoms. The molecule has 1 aromatic carbocycles. The summed E-state index contributed by atoms with van der Waals surface area (Å²) in [5, 5.41) is 0. The molecule has 0 heterocycles. The molecule has 0 atom stereocenters. The van der Waals surface area contributed by atoms with Gasteiger partial charge < -0.3 is 4.74 Å². The summed E-state index contributed by atoms with van der Waals surface area (Å²) in [4.78, 5) is 0. The number of rotatable bonds is 6. The van der Waals surface area contributed by atoms with Crippen LogP contribution in [0.15, 0.2) is 27.1 Å². The summed E-state index contributed by atoms with van der Waals surface area (Å²) in [6.07, 6.45) is 3.41. The minimum Gasteiger partial charge on any atom is -0.491 e. The Kier molecular flexibility index (Phi) is 6.77. The third kappa shape index (κ3) is 4.79. The molecule has 0 saturated carbocycles. The second-order valence-corrected chi connectivity index (χ2v) is 5.34. The maximum absolute atomic E-state index is 5.70. The number of unbranched alkanes of at least 4 members (excludes halogenated alkanes) is 2. The van der Waals surface area contributed by atoms with Gasteiger partial charge in [-0.1, -0.05) is 6.07 Å². The highest BCUT2D eigenvalue weighted by Gasteiger charge is 2.04. The maximum atomic E-state index is 5.70. The largest absolute Gasteiger partial charge is 0.491 e. The second kappa shape index (κ2) is 7.58. The molecular weight excluding hydrogens is 340 g/mol. The van der Waals surface area contributed by atoms with Gasteiger partial charge in [0.15, 0.2) is 0 Å². The van der Waals surface area contributed by atoms with Crippen LogP contribution in [0.5, 0.6) is 5.75 Å². The molecule has 0 amide bonds. The molecule has 1 rings (SSSR count). The first-order chi connectivity index (χ1) is 7.25. The highest BCUT2D eigenvalue weighted by molar-refractivity contribution is 9.11. The van der Waals surface area contributed by atoms with Gasteiger partial charge in [0.25, 0.3) is 0 Å². The van der Waals surface area contributed by atoms with E-state index in [1.807, 2.05) is 18.2 Å². The molecule has 84 valence electrons. The zero-order chi connectivity index (χ0) is 11.1. The van der Waals surface area contributed by atoms with Crippen LogP contribution < -0.4 is 4.74 Å². The van der Waals surface area contributed by atoms with Gasteiger partial charge >= 0.3 is 0 Å². The van der Waals surface area contributed by atoms with Crippen LogP contribution in [-0.2, 0) is 0 Å². The minimum atomic E-state index is 0.759. The van der Waals surface area contributed by atoms with Gasteiger partial charge in [-0.05, 0) is 69.0 Å². The van der Waals surface area contributed by atoms with E-state index in [0.717, 1.165) is 39.9 Å². The Labute approximate surface area is 113 Å². The van der Waals surface area contributed by atoms with E-state index >= 15 is 0 Å². The van der Waals surface area contributed by atoms with Gasteiger partial charge in [-0.2, -0.15) is 12.6 Å². The lowest BCUT2D eigenvalue weighted by molar-refractivity contribution is 0.303. The molecule has 0 radical (unpaired) electrons. The van der Waals surface area contributed by atoms with Crippen LogP contribution in [0.3, 0.4) is 0 Å². The van der Waals surface area contributed by atoms with Gasteiger partial charge in [0.1, 0.15) is 5.75 Å². The first-order valence-electron chi connectivity index (χ1n) is 4.93. The van der Waals surface area contributed by atoms with Crippen molar-refractivity contribution in [3.63, 3.8) is 0 Å². The molecule has 15 heavy (non-hydrogen) atoms. The normalized spacial score (nSPS) is 10.3. The Balaban J connectivity index is 2.37. The van der Waals surface area contributed by atoms with Crippen LogP contribution in [0.4, 0.5) is 0 Å². The molecule has 0 aromatic heterocycles. The van der Waals surface area contributed by atoms with E-state index < -0.39 is 0 Å². The van der Waals surface area contributed by atoms with E-state index in [9.17, 15) is 0 Å². The van der Waals surface area contributed by atoms with Crippen LogP contribution in [0.2, 0.25) is 0 Å². The molecule has 0 aliphatic rings. The van der Waals surface area contributed by atoms with Gasteiger partial charge in [-0.3, -0.25) is 0 Å². The smallest absolute Gasteiger partial charge is 0.147 e. The standard InChI is InChI=1S/C11H14Br2OS/c12-9-5-4-6-10(13)11(9)14-7-2-1-3-8-15/h4-6,15H,1-3,7-8H2. The van der Waals surface area contributed by atoms with Crippen molar-refractivity contribution in [2.45, 2.75) is 19.3 Å². The van der Waals surface area contributed by atoms with Gasteiger partial charge in [0, 0.05) is 0 Å². The van der Waals surface area contributed by atoms with Crippen molar-refractivity contribution in [1.29, 1.82) is 0 Å². The summed E-state index contributed by atoms with van der Waals surface area (Å²) >= 11 is 11.1. The molecule has 0 bridgehead atoms.